The SMILES string of the molecule is Cn1c(=O)c(C(=O)NCC(=O)O)c(O)c2cc(B3OC(C)(C)C(C)(C)O3)cnc21. The van der Waals surface area contributed by atoms with Gasteiger partial charge in [0.15, 0.2) is 0 Å². The first-order chi connectivity index (χ1) is 13.4. The Kier molecular flexibility index (Phi) is 4.92. The fourth-order valence-electron chi connectivity index (χ4n) is 2.97. The van der Waals surface area contributed by atoms with Crippen LogP contribution in [0.5, 0.6) is 5.75 Å². The third kappa shape index (κ3) is 3.47. The Balaban J connectivity index is 2.10. The molecule has 3 N–H and O–H groups in total. The first-order valence-corrected chi connectivity index (χ1v) is 8.93. The van der Waals surface area contributed by atoms with E-state index in [0.717, 1.165) is 4.57 Å². The number of aliphatic carboxylic acids is 1. The van der Waals surface area contributed by atoms with E-state index in [0.29, 0.717) is 5.46 Å². The largest absolute Gasteiger partial charge is 0.506 e. The van der Waals surface area contributed by atoms with Gasteiger partial charge in [-0.2, -0.15) is 0 Å². The summed E-state index contributed by atoms with van der Waals surface area (Å²) in [6.07, 6.45) is 1.48. The minimum atomic E-state index is -1.28. The van der Waals surface area contributed by atoms with Gasteiger partial charge in [-0.1, -0.05) is 0 Å². The van der Waals surface area contributed by atoms with Gasteiger partial charge in [0.2, 0.25) is 0 Å². The van der Waals surface area contributed by atoms with Crippen LogP contribution in [0.3, 0.4) is 0 Å². The van der Waals surface area contributed by atoms with Crippen molar-refractivity contribution >= 4 is 35.5 Å². The number of nitrogens with zero attached hydrogens (tertiary/aromatic N) is 2. The fraction of sp³-hybridized carbons (Fsp3) is 0.444. The Hall–Kier alpha value is -2.92. The molecule has 154 valence electrons. The summed E-state index contributed by atoms with van der Waals surface area (Å²) in [5, 5.41) is 21.6. The van der Waals surface area contributed by atoms with Crippen LogP contribution in [0, 0.1) is 0 Å². The van der Waals surface area contributed by atoms with Gasteiger partial charge in [0.05, 0.1) is 16.6 Å². The molecule has 3 heterocycles. The van der Waals surface area contributed by atoms with E-state index in [4.69, 9.17) is 14.4 Å². The number of carbonyl (C=O) groups is 2. The molecular weight excluding hydrogens is 381 g/mol. The highest BCUT2D eigenvalue weighted by Crippen LogP contribution is 2.36. The Bertz CT molecular complexity index is 1060. The molecule has 0 radical (unpaired) electrons. The van der Waals surface area contributed by atoms with E-state index in [9.17, 15) is 19.5 Å². The quantitative estimate of drug-likeness (QED) is 0.594. The number of carbonyl (C=O) groups excluding carboxylic acids is 1. The number of rotatable bonds is 4. The number of hydrogen-bond donors (Lipinski definition) is 3. The standard InChI is InChI=1S/C18H22BN3O7/c1-17(2)18(3,4)29-19(28-17)9-6-10-13(25)12(15(26)21-8-11(23)24)16(27)22(5)14(10)20-7-9/h6-7,25H,8H2,1-5H3,(H,21,26)(H,23,24). The number of carboxylic acid groups (broad SMARTS) is 1. The zero-order valence-electron chi connectivity index (χ0n) is 16.8. The second-order valence-corrected chi connectivity index (χ2v) is 7.89. The fourth-order valence-corrected chi connectivity index (χ4v) is 2.97. The molecule has 2 aromatic heterocycles. The number of fused-ring (bicyclic) bond motifs is 1. The number of carboxylic acids is 1. The topological polar surface area (TPSA) is 140 Å². The zero-order chi connectivity index (χ0) is 21.7. The van der Waals surface area contributed by atoms with Crippen molar-refractivity contribution in [3.8, 4) is 5.75 Å². The lowest BCUT2D eigenvalue weighted by Gasteiger charge is -2.32. The lowest BCUT2D eigenvalue weighted by molar-refractivity contribution is -0.135. The van der Waals surface area contributed by atoms with Crippen LogP contribution in [-0.4, -0.2) is 56.5 Å². The van der Waals surface area contributed by atoms with Gasteiger partial charge in [0.25, 0.3) is 11.5 Å². The molecule has 0 aliphatic carbocycles. The molecule has 1 aliphatic heterocycles. The van der Waals surface area contributed by atoms with Crippen LogP contribution in [0.1, 0.15) is 38.1 Å². The van der Waals surface area contributed by atoms with Crippen molar-refractivity contribution < 1.29 is 29.1 Å². The van der Waals surface area contributed by atoms with Gasteiger partial charge in [0.1, 0.15) is 23.5 Å². The van der Waals surface area contributed by atoms with Crippen LogP contribution in [0.2, 0.25) is 0 Å². The molecule has 29 heavy (non-hydrogen) atoms. The molecule has 1 saturated heterocycles. The van der Waals surface area contributed by atoms with Gasteiger partial charge in [-0.25, -0.2) is 4.98 Å². The first-order valence-electron chi connectivity index (χ1n) is 8.93. The summed E-state index contributed by atoms with van der Waals surface area (Å²) in [5.74, 6) is -2.86. The summed E-state index contributed by atoms with van der Waals surface area (Å²) in [6, 6.07) is 1.53. The highest BCUT2D eigenvalue weighted by Gasteiger charge is 2.51. The van der Waals surface area contributed by atoms with E-state index in [1.807, 2.05) is 27.7 Å². The van der Waals surface area contributed by atoms with E-state index >= 15 is 0 Å². The zero-order valence-corrected chi connectivity index (χ0v) is 16.8. The maximum atomic E-state index is 12.5. The average molecular weight is 403 g/mol. The van der Waals surface area contributed by atoms with Crippen molar-refractivity contribution in [3.63, 3.8) is 0 Å². The number of aromatic nitrogens is 2. The van der Waals surface area contributed by atoms with Crippen LogP contribution >= 0.6 is 0 Å². The summed E-state index contributed by atoms with van der Waals surface area (Å²) >= 11 is 0. The highest BCUT2D eigenvalue weighted by atomic mass is 16.7. The summed E-state index contributed by atoms with van der Waals surface area (Å²) in [5.41, 5.74) is -1.87. The van der Waals surface area contributed by atoms with Crippen molar-refractivity contribution in [2.24, 2.45) is 7.05 Å². The van der Waals surface area contributed by atoms with E-state index in [2.05, 4.69) is 10.3 Å². The molecule has 0 unspecified atom stereocenters. The lowest BCUT2D eigenvalue weighted by atomic mass is 9.80. The minimum Gasteiger partial charge on any atom is -0.506 e. The molecule has 0 atom stereocenters. The van der Waals surface area contributed by atoms with Gasteiger partial charge in [0, 0.05) is 18.7 Å². The number of pyridine rings is 2. The van der Waals surface area contributed by atoms with Gasteiger partial charge < -0.3 is 24.8 Å². The molecule has 1 aliphatic rings. The maximum absolute atomic E-state index is 12.5. The van der Waals surface area contributed by atoms with Crippen molar-refractivity contribution in [3.05, 3.63) is 28.2 Å². The molecular formula is C18H22BN3O7. The molecule has 0 saturated carbocycles. The Morgan fingerprint density at radius 3 is 2.38 bits per heavy atom. The Morgan fingerprint density at radius 2 is 1.83 bits per heavy atom. The number of nitrogens with one attached hydrogen (secondary N) is 1. The molecule has 1 fully saturated rings. The number of aryl methyl sites for hydroxylation is 1. The molecule has 11 heteroatoms. The monoisotopic (exact) mass is 403 g/mol. The second kappa shape index (κ2) is 6.85. The molecule has 0 bridgehead atoms. The summed E-state index contributed by atoms with van der Waals surface area (Å²) in [4.78, 5) is 39.7. The van der Waals surface area contributed by atoms with Crippen LogP contribution in [-0.2, 0) is 21.2 Å². The van der Waals surface area contributed by atoms with E-state index in [1.165, 1.54) is 19.3 Å². The molecule has 3 rings (SSSR count). The van der Waals surface area contributed by atoms with Gasteiger partial charge in [-0.15, -0.1) is 0 Å². The summed E-state index contributed by atoms with van der Waals surface area (Å²) in [6.45, 7) is 6.90. The average Bonchev–Trinajstić information content (AvgIpc) is 2.85. The maximum Gasteiger partial charge on any atom is 0.496 e. The van der Waals surface area contributed by atoms with E-state index < -0.39 is 53.6 Å². The van der Waals surface area contributed by atoms with E-state index in [-0.39, 0.29) is 11.0 Å². The predicted molar refractivity (Wildman–Crippen MR) is 104 cm³/mol. The lowest BCUT2D eigenvalue weighted by Crippen LogP contribution is -2.41. The van der Waals surface area contributed by atoms with Crippen molar-refractivity contribution in [2.75, 3.05) is 6.54 Å². The van der Waals surface area contributed by atoms with Gasteiger partial charge in [-0.3, -0.25) is 19.0 Å². The predicted octanol–water partition coefficient (Wildman–Crippen LogP) is -0.247. The van der Waals surface area contributed by atoms with Crippen molar-refractivity contribution in [1.82, 2.24) is 14.9 Å². The third-order valence-electron chi connectivity index (χ3n) is 5.37. The van der Waals surface area contributed by atoms with E-state index in [1.54, 1.807) is 0 Å². The minimum absolute atomic E-state index is 0.139. The number of hydrogen-bond acceptors (Lipinski definition) is 7. The van der Waals surface area contributed by atoms with Gasteiger partial charge >= 0.3 is 13.1 Å². The third-order valence-corrected chi connectivity index (χ3v) is 5.37. The summed E-state index contributed by atoms with van der Waals surface area (Å²) < 4.78 is 13.1. The highest BCUT2D eigenvalue weighted by molar-refractivity contribution is 6.62. The Labute approximate surface area is 166 Å². The smallest absolute Gasteiger partial charge is 0.496 e. The number of aromatic hydroxyl groups is 1. The van der Waals surface area contributed by atoms with Crippen LogP contribution in [0.4, 0.5) is 0 Å². The Morgan fingerprint density at radius 1 is 1.24 bits per heavy atom. The first kappa shape index (κ1) is 20.8. The van der Waals surface area contributed by atoms with Crippen LogP contribution in [0.25, 0.3) is 11.0 Å². The van der Waals surface area contributed by atoms with Crippen molar-refractivity contribution in [2.45, 2.75) is 38.9 Å². The van der Waals surface area contributed by atoms with Crippen molar-refractivity contribution in [1.29, 1.82) is 0 Å². The van der Waals surface area contributed by atoms with Crippen LogP contribution < -0.4 is 16.3 Å². The second-order valence-electron chi connectivity index (χ2n) is 7.89. The molecule has 2 aromatic rings. The molecule has 0 aromatic carbocycles. The normalized spacial score (nSPS) is 17.5. The van der Waals surface area contributed by atoms with Crippen LogP contribution in [0.15, 0.2) is 17.1 Å². The molecule has 10 nitrogen and oxygen atoms in total. The molecule has 0 spiro atoms. The molecule has 1 amide bonds. The summed E-state index contributed by atoms with van der Waals surface area (Å²) in [7, 11) is 0.650. The van der Waals surface area contributed by atoms with Gasteiger partial charge in [-0.05, 0) is 33.8 Å². The number of amides is 1.